The molecule has 1 aliphatic heterocycles. The summed E-state index contributed by atoms with van der Waals surface area (Å²) in [6.07, 6.45) is 3.20. The number of hydrogen-bond donors (Lipinski definition) is 3. The van der Waals surface area contributed by atoms with Crippen LogP contribution in [0.1, 0.15) is 42.9 Å². The Balaban J connectivity index is 1.57. The van der Waals surface area contributed by atoms with Crippen molar-refractivity contribution in [2.24, 2.45) is 5.92 Å². The van der Waals surface area contributed by atoms with E-state index in [4.69, 9.17) is 4.74 Å². The van der Waals surface area contributed by atoms with Gasteiger partial charge in [-0.05, 0) is 79.9 Å². The molecular weight excluding hydrogens is 476 g/mol. The predicted octanol–water partition coefficient (Wildman–Crippen LogP) is 3.45. The van der Waals surface area contributed by atoms with E-state index in [-0.39, 0.29) is 25.4 Å². The van der Waals surface area contributed by atoms with Crippen molar-refractivity contribution >= 4 is 5.91 Å². The minimum absolute atomic E-state index is 0.119. The van der Waals surface area contributed by atoms with E-state index in [9.17, 15) is 18.7 Å². The van der Waals surface area contributed by atoms with Crippen LogP contribution < -0.4 is 10.6 Å². The number of hydrogen-bond acceptors (Lipinski definition) is 5. The number of aliphatic hydroxyl groups excluding tert-OH is 1. The molecule has 1 saturated heterocycles. The molecule has 2 aromatic rings. The first-order valence-electron chi connectivity index (χ1n) is 13.3. The van der Waals surface area contributed by atoms with Crippen LogP contribution in [-0.4, -0.2) is 68.0 Å². The molecule has 3 N–H and O–H groups in total. The number of nitrogens with zero attached hydrogens (tertiary/aromatic N) is 1. The summed E-state index contributed by atoms with van der Waals surface area (Å²) in [4.78, 5) is 15.0. The number of piperidine rings is 1. The molecule has 8 heteroatoms. The molecule has 2 atom stereocenters. The maximum Gasteiger partial charge on any atom is 0.234 e. The molecule has 204 valence electrons. The maximum absolute atomic E-state index is 13.8. The second kappa shape index (κ2) is 15.1. The van der Waals surface area contributed by atoms with Gasteiger partial charge in [-0.3, -0.25) is 9.69 Å². The van der Waals surface area contributed by atoms with Crippen molar-refractivity contribution in [2.75, 3.05) is 39.9 Å². The summed E-state index contributed by atoms with van der Waals surface area (Å²) in [5.41, 5.74) is 2.73. The number of benzene rings is 2. The molecule has 0 saturated carbocycles. The van der Waals surface area contributed by atoms with Crippen LogP contribution in [0.2, 0.25) is 0 Å². The molecule has 0 aliphatic carbocycles. The standard InChI is InChI=1S/C29H41F2N3O3/c1-3-21-5-4-6-23(13-21)18-32-19-28(35)27(16-24-14-25(30)17-26(31)15-24)33-29(36)20-34-10-7-22(8-11-34)9-12-37-2/h4-6,13-15,17,22,27-28,32,35H,3,7-12,16,18-20H2,1-2H3,(H,33,36)/t27-,28+/m0/s1. The van der Waals surface area contributed by atoms with Gasteiger partial charge in [0, 0.05) is 32.9 Å². The molecule has 1 fully saturated rings. The second-order valence-electron chi connectivity index (χ2n) is 10.0. The van der Waals surface area contributed by atoms with Crippen molar-refractivity contribution in [1.29, 1.82) is 0 Å². The molecule has 0 aromatic heterocycles. The lowest BCUT2D eigenvalue weighted by atomic mass is 9.94. The normalized spacial score (nSPS) is 16.5. The Kier molecular flexibility index (Phi) is 11.9. The number of aliphatic hydroxyl groups is 1. The average Bonchev–Trinajstić information content (AvgIpc) is 2.87. The van der Waals surface area contributed by atoms with Crippen molar-refractivity contribution in [3.05, 3.63) is 70.8 Å². The van der Waals surface area contributed by atoms with E-state index < -0.39 is 23.8 Å². The number of aryl methyl sites for hydroxylation is 1. The molecule has 2 aromatic carbocycles. The van der Waals surface area contributed by atoms with Crippen LogP contribution in [-0.2, 0) is 28.9 Å². The highest BCUT2D eigenvalue weighted by Gasteiger charge is 2.25. The lowest BCUT2D eigenvalue weighted by Gasteiger charge is -2.32. The van der Waals surface area contributed by atoms with E-state index in [1.165, 1.54) is 17.7 Å². The molecule has 0 unspecified atom stereocenters. The molecule has 1 amide bonds. The summed E-state index contributed by atoms with van der Waals surface area (Å²) >= 11 is 0. The van der Waals surface area contributed by atoms with E-state index >= 15 is 0 Å². The summed E-state index contributed by atoms with van der Waals surface area (Å²) in [6, 6.07) is 10.8. The first-order valence-corrected chi connectivity index (χ1v) is 13.3. The van der Waals surface area contributed by atoms with E-state index in [0.717, 1.165) is 57.0 Å². The molecule has 0 radical (unpaired) electrons. The highest BCUT2D eigenvalue weighted by molar-refractivity contribution is 5.78. The number of ether oxygens (including phenoxy) is 1. The zero-order valence-corrected chi connectivity index (χ0v) is 22.0. The second-order valence-corrected chi connectivity index (χ2v) is 10.0. The lowest BCUT2D eigenvalue weighted by Crippen LogP contribution is -2.51. The summed E-state index contributed by atoms with van der Waals surface area (Å²) in [5, 5.41) is 17.1. The van der Waals surface area contributed by atoms with Crippen LogP contribution in [0.3, 0.4) is 0 Å². The van der Waals surface area contributed by atoms with Gasteiger partial charge in [0.05, 0.1) is 18.7 Å². The summed E-state index contributed by atoms with van der Waals surface area (Å²) in [7, 11) is 1.71. The van der Waals surface area contributed by atoms with Gasteiger partial charge >= 0.3 is 0 Å². The number of nitrogens with one attached hydrogen (secondary N) is 2. The Morgan fingerprint density at radius 1 is 1.11 bits per heavy atom. The number of carbonyl (C=O) groups is 1. The Bertz CT molecular complexity index is 962. The Morgan fingerprint density at radius 2 is 1.81 bits per heavy atom. The summed E-state index contributed by atoms with van der Waals surface area (Å²) in [6.45, 7) is 5.55. The fourth-order valence-electron chi connectivity index (χ4n) is 4.91. The van der Waals surface area contributed by atoms with Gasteiger partial charge in [0.1, 0.15) is 11.6 Å². The molecule has 1 aliphatic rings. The minimum Gasteiger partial charge on any atom is -0.390 e. The molecule has 1 heterocycles. The number of carbonyl (C=O) groups excluding carboxylic acids is 1. The van der Waals surface area contributed by atoms with Gasteiger partial charge in [-0.2, -0.15) is 0 Å². The largest absolute Gasteiger partial charge is 0.390 e. The highest BCUT2D eigenvalue weighted by Crippen LogP contribution is 2.20. The Labute approximate surface area is 219 Å². The summed E-state index contributed by atoms with van der Waals surface area (Å²) < 4.78 is 32.8. The third-order valence-electron chi connectivity index (χ3n) is 7.08. The van der Waals surface area contributed by atoms with Gasteiger partial charge in [-0.15, -0.1) is 0 Å². The fourth-order valence-corrected chi connectivity index (χ4v) is 4.91. The number of rotatable bonds is 14. The molecule has 0 spiro atoms. The minimum atomic E-state index is -0.940. The van der Waals surface area contributed by atoms with Crippen LogP contribution in [0.5, 0.6) is 0 Å². The predicted molar refractivity (Wildman–Crippen MR) is 141 cm³/mol. The average molecular weight is 518 g/mol. The topological polar surface area (TPSA) is 73.8 Å². The number of likely N-dealkylation sites (tertiary alicyclic amines) is 1. The highest BCUT2D eigenvalue weighted by atomic mass is 19.1. The van der Waals surface area contributed by atoms with Crippen LogP contribution >= 0.6 is 0 Å². The fraction of sp³-hybridized carbons (Fsp3) is 0.552. The Morgan fingerprint density at radius 3 is 2.49 bits per heavy atom. The number of amides is 1. The number of halogens is 2. The smallest absolute Gasteiger partial charge is 0.234 e. The van der Waals surface area contributed by atoms with Crippen molar-refractivity contribution < 1.29 is 23.4 Å². The Hall–Kier alpha value is -2.39. The molecule has 3 rings (SSSR count). The van der Waals surface area contributed by atoms with Gasteiger partial charge in [0.25, 0.3) is 0 Å². The third-order valence-corrected chi connectivity index (χ3v) is 7.08. The molecule has 37 heavy (non-hydrogen) atoms. The third kappa shape index (κ3) is 10.1. The van der Waals surface area contributed by atoms with Crippen LogP contribution in [0, 0.1) is 17.6 Å². The van der Waals surface area contributed by atoms with Crippen molar-refractivity contribution in [3.8, 4) is 0 Å². The van der Waals surface area contributed by atoms with Crippen LogP contribution in [0.15, 0.2) is 42.5 Å². The van der Waals surface area contributed by atoms with E-state index in [0.29, 0.717) is 18.0 Å². The van der Waals surface area contributed by atoms with Gasteiger partial charge in [0.15, 0.2) is 0 Å². The first kappa shape index (κ1) is 29.2. The number of methoxy groups -OCH3 is 1. The zero-order valence-electron chi connectivity index (χ0n) is 22.0. The van der Waals surface area contributed by atoms with E-state index in [1.54, 1.807) is 7.11 Å². The zero-order chi connectivity index (χ0) is 26.6. The van der Waals surface area contributed by atoms with Gasteiger partial charge in [0.2, 0.25) is 5.91 Å². The molecule has 0 bridgehead atoms. The van der Waals surface area contributed by atoms with Gasteiger partial charge in [-0.25, -0.2) is 8.78 Å². The summed E-state index contributed by atoms with van der Waals surface area (Å²) in [5.74, 6) is -0.951. The molecular formula is C29H41F2N3O3. The van der Waals surface area contributed by atoms with Crippen LogP contribution in [0.4, 0.5) is 8.78 Å². The molecule has 6 nitrogen and oxygen atoms in total. The van der Waals surface area contributed by atoms with Crippen LogP contribution in [0.25, 0.3) is 0 Å². The van der Waals surface area contributed by atoms with Crippen molar-refractivity contribution in [3.63, 3.8) is 0 Å². The van der Waals surface area contributed by atoms with E-state index in [2.05, 4.69) is 34.6 Å². The van der Waals surface area contributed by atoms with Crippen molar-refractivity contribution in [2.45, 2.75) is 57.7 Å². The van der Waals surface area contributed by atoms with Gasteiger partial charge < -0.3 is 20.5 Å². The lowest BCUT2D eigenvalue weighted by molar-refractivity contribution is -0.124. The van der Waals surface area contributed by atoms with Crippen molar-refractivity contribution in [1.82, 2.24) is 15.5 Å². The van der Waals surface area contributed by atoms with Gasteiger partial charge in [-0.1, -0.05) is 31.2 Å². The monoisotopic (exact) mass is 517 g/mol. The quantitative estimate of drug-likeness (QED) is 0.358. The SMILES string of the molecule is CCc1cccc(CNC[C@@H](O)[C@H](Cc2cc(F)cc(F)c2)NC(=O)CN2CCC(CCOC)CC2)c1. The maximum atomic E-state index is 13.8. The first-order chi connectivity index (χ1) is 17.9. The van der Waals surface area contributed by atoms with E-state index in [1.807, 2.05) is 12.1 Å².